The van der Waals surface area contributed by atoms with Crippen LogP contribution >= 0.6 is 0 Å². The Balaban J connectivity index is 3.17. The van der Waals surface area contributed by atoms with Crippen LogP contribution in [-0.2, 0) is 4.74 Å². The van der Waals surface area contributed by atoms with Crippen molar-refractivity contribution in [1.29, 1.82) is 0 Å². The van der Waals surface area contributed by atoms with E-state index in [1.54, 1.807) is 0 Å². The van der Waals surface area contributed by atoms with Crippen LogP contribution in [0.1, 0.15) is 78.6 Å². The Hall–Kier alpha value is -0.730. The van der Waals surface area contributed by atoms with Crippen LogP contribution in [0.3, 0.4) is 0 Å². The number of carbonyl (C=O) groups is 1. The van der Waals surface area contributed by atoms with Gasteiger partial charge >= 0.3 is 6.09 Å². The molecule has 0 aromatic heterocycles. The standard InChI is InChI=1S/C15H31NO2/c1-4-6-7-8-9-10-11-12-13-16-15(17)18-14(3)5-2/h14H,4-13H2,1-3H3,(H,16,17). The van der Waals surface area contributed by atoms with Crippen LogP contribution in [-0.4, -0.2) is 18.7 Å². The second-order valence-corrected chi connectivity index (χ2v) is 5.03. The van der Waals surface area contributed by atoms with Crippen molar-refractivity contribution in [3.05, 3.63) is 0 Å². The molecule has 1 amide bonds. The van der Waals surface area contributed by atoms with Crippen molar-refractivity contribution in [3.8, 4) is 0 Å². The Morgan fingerprint density at radius 2 is 1.56 bits per heavy atom. The Morgan fingerprint density at radius 3 is 2.11 bits per heavy atom. The molecule has 18 heavy (non-hydrogen) atoms. The fraction of sp³-hybridized carbons (Fsp3) is 0.933. The quantitative estimate of drug-likeness (QED) is 0.547. The van der Waals surface area contributed by atoms with E-state index in [0.717, 1.165) is 19.4 Å². The topological polar surface area (TPSA) is 38.3 Å². The summed E-state index contributed by atoms with van der Waals surface area (Å²) in [6, 6.07) is 0. The highest BCUT2D eigenvalue weighted by molar-refractivity contribution is 5.67. The van der Waals surface area contributed by atoms with Crippen molar-refractivity contribution in [2.75, 3.05) is 6.54 Å². The zero-order chi connectivity index (χ0) is 13.6. The summed E-state index contributed by atoms with van der Waals surface area (Å²) in [5.41, 5.74) is 0. The number of unbranched alkanes of at least 4 members (excludes halogenated alkanes) is 7. The van der Waals surface area contributed by atoms with Crippen molar-refractivity contribution in [3.63, 3.8) is 0 Å². The maximum Gasteiger partial charge on any atom is 0.407 e. The van der Waals surface area contributed by atoms with Gasteiger partial charge in [-0.2, -0.15) is 0 Å². The van der Waals surface area contributed by atoms with Gasteiger partial charge in [-0.05, 0) is 19.8 Å². The predicted molar refractivity (Wildman–Crippen MR) is 76.8 cm³/mol. The zero-order valence-electron chi connectivity index (χ0n) is 12.5. The summed E-state index contributed by atoms with van der Waals surface area (Å²) < 4.78 is 5.12. The van der Waals surface area contributed by atoms with Gasteiger partial charge in [-0.15, -0.1) is 0 Å². The summed E-state index contributed by atoms with van der Waals surface area (Å²) in [6.45, 7) is 6.90. The minimum absolute atomic E-state index is 0.0172. The fourth-order valence-corrected chi connectivity index (χ4v) is 1.76. The van der Waals surface area contributed by atoms with Gasteiger partial charge in [-0.25, -0.2) is 4.79 Å². The first-order chi connectivity index (χ1) is 8.70. The zero-order valence-corrected chi connectivity index (χ0v) is 12.5. The molecule has 0 aliphatic heterocycles. The largest absolute Gasteiger partial charge is 0.447 e. The molecule has 0 radical (unpaired) electrons. The van der Waals surface area contributed by atoms with Gasteiger partial charge in [0.15, 0.2) is 0 Å². The summed E-state index contributed by atoms with van der Waals surface area (Å²) in [6.07, 6.45) is 10.9. The smallest absolute Gasteiger partial charge is 0.407 e. The van der Waals surface area contributed by atoms with Crippen LogP contribution in [0.5, 0.6) is 0 Å². The van der Waals surface area contributed by atoms with E-state index >= 15 is 0 Å². The van der Waals surface area contributed by atoms with Crippen LogP contribution in [0.25, 0.3) is 0 Å². The van der Waals surface area contributed by atoms with E-state index in [-0.39, 0.29) is 12.2 Å². The van der Waals surface area contributed by atoms with Gasteiger partial charge in [0.1, 0.15) is 6.10 Å². The third-order valence-electron chi connectivity index (χ3n) is 3.18. The molecule has 0 heterocycles. The summed E-state index contributed by atoms with van der Waals surface area (Å²) in [5, 5.41) is 2.80. The lowest BCUT2D eigenvalue weighted by Crippen LogP contribution is -2.28. The molecular formula is C15H31NO2. The average molecular weight is 257 g/mol. The Kier molecular flexibility index (Phi) is 12.2. The number of hydrogen-bond donors (Lipinski definition) is 1. The monoisotopic (exact) mass is 257 g/mol. The molecule has 0 spiro atoms. The number of ether oxygens (including phenoxy) is 1. The van der Waals surface area contributed by atoms with Gasteiger partial charge in [-0.1, -0.05) is 58.8 Å². The van der Waals surface area contributed by atoms with Crippen LogP contribution < -0.4 is 5.32 Å². The second-order valence-electron chi connectivity index (χ2n) is 5.03. The molecule has 0 aromatic rings. The highest BCUT2D eigenvalue weighted by Gasteiger charge is 2.05. The third-order valence-corrected chi connectivity index (χ3v) is 3.18. The van der Waals surface area contributed by atoms with Crippen LogP contribution in [0.2, 0.25) is 0 Å². The molecule has 0 saturated heterocycles. The summed E-state index contributed by atoms with van der Waals surface area (Å²) in [5.74, 6) is 0. The average Bonchev–Trinajstić information content (AvgIpc) is 2.36. The molecule has 0 saturated carbocycles. The molecule has 1 unspecified atom stereocenters. The van der Waals surface area contributed by atoms with Gasteiger partial charge in [0.2, 0.25) is 0 Å². The van der Waals surface area contributed by atoms with Gasteiger partial charge in [0.25, 0.3) is 0 Å². The van der Waals surface area contributed by atoms with Crippen LogP contribution in [0, 0.1) is 0 Å². The summed E-state index contributed by atoms with van der Waals surface area (Å²) in [7, 11) is 0. The van der Waals surface area contributed by atoms with E-state index in [1.165, 1.54) is 44.9 Å². The molecule has 1 atom stereocenters. The van der Waals surface area contributed by atoms with E-state index in [2.05, 4.69) is 12.2 Å². The second kappa shape index (κ2) is 12.7. The maximum absolute atomic E-state index is 11.3. The predicted octanol–water partition coefficient (Wildman–Crippen LogP) is 4.65. The van der Waals surface area contributed by atoms with Crippen LogP contribution in [0.15, 0.2) is 0 Å². The van der Waals surface area contributed by atoms with Gasteiger partial charge in [0, 0.05) is 6.54 Å². The number of carbonyl (C=O) groups excluding carboxylic acids is 1. The SMILES string of the molecule is CCCCCCCCCCNC(=O)OC(C)CC. The van der Waals surface area contributed by atoms with Gasteiger partial charge in [-0.3, -0.25) is 0 Å². The van der Waals surface area contributed by atoms with E-state index in [9.17, 15) is 4.79 Å². The molecule has 0 aromatic carbocycles. The van der Waals surface area contributed by atoms with Crippen molar-refractivity contribution in [2.24, 2.45) is 0 Å². The number of rotatable bonds is 11. The lowest BCUT2D eigenvalue weighted by Gasteiger charge is -2.11. The van der Waals surface area contributed by atoms with Crippen molar-refractivity contribution in [1.82, 2.24) is 5.32 Å². The first-order valence-electron chi connectivity index (χ1n) is 7.65. The lowest BCUT2D eigenvalue weighted by atomic mass is 10.1. The molecule has 0 fully saturated rings. The Bertz CT molecular complexity index is 195. The normalized spacial score (nSPS) is 12.2. The first kappa shape index (κ1) is 17.3. The molecule has 108 valence electrons. The Morgan fingerprint density at radius 1 is 1.00 bits per heavy atom. The van der Waals surface area contributed by atoms with Crippen LogP contribution in [0.4, 0.5) is 4.79 Å². The van der Waals surface area contributed by atoms with E-state index in [0.29, 0.717) is 0 Å². The number of nitrogens with one attached hydrogen (secondary N) is 1. The van der Waals surface area contributed by atoms with Crippen molar-refractivity contribution < 1.29 is 9.53 Å². The van der Waals surface area contributed by atoms with E-state index in [4.69, 9.17) is 4.74 Å². The molecular weight excluding hydrogens is 226 g/mol. The molecule has 3 nitrogen and oxygen atoms in total. The molecule has 3 heteroatoms. The highest BCUT2D eigenvalue weighted by atomic mass is 16.6. The van der Waals surface area contributed by atoms with E-state index in [1.807, 2.05) is 13.8 Å². The summed E-state index contributed by atoms with van der Waals surface area (Å²) >= 11 is 0. The maximum atomic E-state index is 11.3. The lowest BCUT2D eigenvalue weighted by molar-refractivity contribution is 0.105. The Labute approximate surface area is 113 Å². The molecule has 0 aliphatic rings. The van der Waals surface area contributed by atoms with Crippen molar-refractivity contribution >= 4 is 6.09 Å². The number of hydrogen-bond acceptors (Lipinski definition) is 2. The van der Waals surface area contributed by atoms with E-state index < -0.39 is 0 Å². The minimum atomic E-state index is -0.271. The molecule has 0 bridgehead atoms. The molecule has 0 aliphatic carbocycles. The highest BCUT2D eigenvalue weighted by Crippen LogP contribution is 2.07. The summed E-state index contributed by atoms with van der Waals surface area (Å²) in [4.78, 5) is 11.3. The van der Waals surface area contributed by atoms with Crippen molar-refractivity contribution in [2.45, 2.75) is 84.7 Å². The fourth-order valence-electron chi connectivity index (χ4n) is 1.76. The number of amides is 1. The van der Waals surface area contributed by atoms with Gasteiger partial charge < -0.3 is 10.1 Å². The van der Waals surface area contributed by atoms with Gasteiger partial charge in [0.05, 0.1) is 0 Å². The third kappa shape index (κ3) is 11.7. The minimum Gasteiger partial charge on any atom is -0.447 e. The number of alkyl carbamates (subject to hydrolysis) is 1. The first-order valence-corrected chi connectivity index (χ1v) is 7.65. The molecule has 0 rings (SSSR count). The molecule has 1 N–H and O–H groups in total.